The van der Waals surface area contributed by atoms with Gasteiger partial charge >= 0.3 is 0 Å². The lowest BCUT2D eigenvalue weighted by Gasteiger charge is -2.25. The summed E-state index contributed by atoms with van der Waals surface area (Å²) in [5.74, 6) is 1.90. The Morgan fingerprint density at radius 3 is 3.00 bits per heavy atom. The summed E-state index contributed by atoms with van der Waals surface area (Å²) in [4.78, 5) is 13.0. The molecule has 2 heterocycles. The van der Waals surface area contributed by atoms with Crippen LogP contribution in [0.25, 0.3) is 0 Å². The largest absolute Gasteiger partial charge is 0.497 e. The number of hydrazone groups is 1. The SMILES string of the molecule is COc1ccc2c(c1)CC(C(=O)Nc1ccc(C3C=NNC3)cc1OCCN)CO2. The lowest BCUT2D eigenvalue weighted by atomic mass is 9.95. The summed E-state index contributed by atoms with van der Waals surface area (Å²) >= 11 is 0. The second-order valence-corrected chi connectivity index (χ2v) is 7.31. The van der Waals surface area contributed by atoms with E-state index in [1.54, 1.807) is 7.11 Å². The number of benzene rings is 2. The van der Waals surface area contributed by atoms with E-state index in [2.05, 4.69) is 15.8 Å². The Hall–Kier alpha value is -3.26. The summed E-state index contributed by atoms with van der Waals surface area (Å²) in [6.07, 6.45) is 2.45. The standard InChI is InChI=1S/C22H26N4O4/c1-28-18-3-5-20-15(9-18)8-16(13-30-20)22(27)26-19-4-2-14(17-11-24-25-12-17)10-21(19)29-7-6-23/h2-5,9-11,16-17,25H,6-8,12-13,23H2,1H3,(H,26,27). The Morgan fingerprint density at radius 1 is 1.33 bits per heavy atom. The second-order valence-electron chi connectivity index (χ2n) is 7.31. The van der Waals surface area contributed by atoms with Gasteiger partial charge in [0.05, 0.1) is 18.7 Å². The highest BCUT2D eigenvalue weighted by atomic mass is 16.5. The molecule has 2 aliphatic rings. The zero-order valence-electron chi connectivity index (χ0n) is 16.9. The van der Waals surface area contributed by atoms with E-state index < -0.39 is 0 Å². The van der Waals surface area contributed by atoms with Crippen LogP contribution < -0.4 is 30.7 Å². The molecule has 0 spiro atoms. The molecule has 0 radical (unpaired) electrons. The second kappa shape index (κ2) is 9.04. The van der Waals surface area contributed by atoms with Crippen LogP contribution in [0.2, 0.25) is 0 Å². The van der Waals surface area contributed by atoms with Crippen LogP contribution in [0.5, 0.6) is 17.2 Å². The number of carbonyl (C=O) groups is 1. The minimum absolute atomic E-state index is 0.113. The molecule has 30 heavy (non-hydrogen) atoms. The predicted octanol–water partition coefficient (Wildman–Crippen LogP) is 1.90. The third-order valence-corrected chi connectivity index (χ3v) is 5.27. The number of rotatable bonds is 7. The molecular weight excluding hydrogens is 384 g/mol. The molecule has 0 aromatic heterocycles. The molecule has 0 saturated heterocycles. The van der Waals surface area contributed by atoms with Crippen LogP contribution in [-0.4, -0.2) is 45.5 Å². The molecule has 4 N–H and O–H groups in total. The maximum absolute atomic E-state index is 13.0. The zero-order chi connectivity index (χ0) is 20.9. The van der Waals surface area contributed by atoms with Gasteiger partial charge in [-0.15, -0.1) is 0 Å². The van der Waals surface area contributed by atoms with Crippen LogP contribution >= 0.6 is 0 Å². The van der Waals surface area contributed by atoms with Gasteiger partial charge in [-0.3, -0.25) is 4.79 Å². The highest BCUT2D eigenvalue weighted by molar-refractivity contribution is 5.94. The Bertz CT molecular complexity index is 947. The molecule has 0 bridgehead atoms. The van der Waals surface area contributed by atoms with Crippen LogP contribution in [0.15, 0.2) is 41.5 Å². The molecule has 2 unspecified atom stereocenters. The molecule has 8 nitrogen and oxygen atoms in total. The fourth-order valence-corrected chi connectivity index (χ4v) is 3.61. The van der Waals surface area contributed by atoms with Crippen molar-refractivity contribution in [2.75, 3.05) is 38.7 Å². The smallest absolute Gasteiger partial charge is 0.231 e. The molecule has 2 aromatic carbocycles. The summed E-state index contributed by atoms with van der Waals surface area (Å²) < 4.78 is 16.9. The van der Waals surface area contributed by atoms with E-state index in [1.807, 2.05) is 42.6 Å². The Balaban J connectivity index is 1.49. The van der Waals surface area contributed by atoms with Crippen molar-refractivity contribution in [2.24, 2.45) is 16.8 Å². The monoisotopic (exact) mass is 410 g/mol. The van der Waals surface area contributed by atoms with E-state index >= 15 is 0 Å². The Labute approximate surface area is 175 Å². The van der Waals surface area contributed by atoms with Crippen molar-refractivity contribution in [3.63, 3.8) is 0 Å². The maximum atomic E-state index is 13.0. The summed E-state index contributed by atoms with van der Waals surface area (Å²) in [5.41, 5.74) is 11.2. The van der Waals surface area contributed by atoms with Crippen LogP contribution in [0.4, 0.5) is 5.69 Å². The Morgan fingerprint density at radius 2 is 2.23 bits per heavy atom. The summed E-state index contributed by atoms with van der Waals surface area (Å²) in [7, 11) is 1.62. The summed E-state index contributed by atoms with van der Waals surface area (Å²) in [6, 6.07) is 11.4. The molecule has 2 atom stereocenters. The van der Waals surface area contributed by atoms with Gasteiger partial charge in [-0.05, 0) is 47.9 Å². The number of nitrogens with one attached hydrogen (secondary N) is 2. The van der Waals surface area contributed by atoms with Crippen LogP contribution in [-0.2, 0) is 11.2 Å². The molecule has 2 aromatic rings. The number of carbonyl (C=O) groups excluding carboxylic acids is 1. The van der Waals surface area contributed by atoms with Crippen molar-refractivity contribution < 1.29 is 19.0 Å². The third-order valence-electron chi connectivity index (χ3n) is 5.27. The first-order chi connectivity index (χ1) is 14.7. The average Bonchev–Trinajstić information content (AvgIpc) is 3.32. The first kappa shape index (κ1) is 20.0. The van der Waals surface area contributed by atoms with Gasteiger partial charge in [-0.1, -0.05) is 6.07 Å². The van der Waals surface area contributed by atoms with Crippen molar-refractivity contribution in [3.8, 4) is 17.2 Å². The fourth-order valence-electron chi connectivity index (χ4n) is 3.61. The molecule has 0 fully saturated rings. The molecule has 0 aliphatic carbocycles. The van der Waals surface area contributed by atoms with Crippen molar-refractivity contribution in [1.82, 2.24) is 5.43 Å². The maximum Gasteiger partial charge on any atom is 0.231 e. The highest BCUT2D eigenvalue weighted by Gasteiger charge is 2.27. The van der Waals surface area contributed by atoms with Gasteiger partial charge in [0.2, 0.25) is 5.91 Å². The quantitative estimate of drug-likeness (QED) is 0.644. The number of anilines is 1. The topological polar surface area (TPSA) is 107 Å². The molecule has 158 valence electrons. The first-order valence-corrected chi connectivity index (χ1v) is 10.0. The van der Waals surface area contributed by atoms with E-state index in [4.69, 9.17) is 19.9 Å². The van der Waals surface area contributed by atoms with Crippen molar-refractivity contribution >= 4 is 17.8 Å². The van der Waals surface area contributed by atoms with Gasteiger partial charge in [-0.25, -0.2) is 0 Å². The van der Waals surface area contributed by atoms with Gasteiger partial charge in [0.15, 0.2) is 0 Å². The number of nitrogens with two attached hydrogens (primary N) is 1. The highest BCUT2D eigenvalue weighted by Crippen LogP contribution is 2.33. The van der Waals surface area contributed by atoms with Crippen molar-refractivity contribution in [2.45, 2.75) is 12.3 Å². The average molecular weight is 410 g/mol. The number of amides is 1. The van der Waals surface area contributed by atoms with Crippen LogP contribution in [0.1, 0.15) is 17.0 Å². The predicted molar refractivity (Wildman–Crippen MR) is 115 cm³/mol. The van der Waals surface area contributed by atoms with E-state index in [1.165, 1.54) is 0 Å². The number of nitrogens with zero attached hydrogens (tertiary/aromatic N) is 1. The van der Waals surface area contributed by atoms with E-state index in [0.29, 0.717) is 37.6 Å². The van der Waals surface area contributed by atoms with Crippen LogP contribution in [0, 0.1) is 5.92 Å². The van der Waals surface area contributed by atoms with E-state index in [-0.39, 0.29) is 17.7 Å². The number of methoxy groups -OCH3 is 1. The number of hydrogen-bond acceptors (Lipinski definition) is 7. The molecule has 4 rings (SSSR count). The number of hydrogen-bond donors (Lipinski definition) is 3. The molecule has 0 saturated carbocycles. The number of fused-ring (bicyclic) bond motifs is 1. The van der Waals surface area contributed by atoms with Gasteiger partial charge in [0.25, 0.3) is 0 Å². The molecular formula is C22H26N4O4. The van der Waals surface area contributed by atoms with Gasteiger partial charge in [0.1, 0.15) is 30.5 Å². The van der Waals surface area contributed by atoms with E-state index in [0.717, 1.165) is 29.2 Å². The number of ether oxygens (including phenoxy) is 3. The Kier molecular flexibility index (Phi) is 6.04. The minimum Gasteiger partial charge on any atom is -0.497 e. The zero-order valence-corrected chi connectivity index (χ0v) is 16.9. The first-order valence-electron chi connectivity index (χ1n) is 10.0. The normalized spacial score (nSPS) is 19.4. The molecule has 8 heteroatoms. The molecule has 2 aliphatic heterocycles. The summed E-state index contributed by atoms with van der Waals surface area (Å²) in [5, 5.41) is 7.07. The van der Waals surface area contributed by atoms with Gasteiger partial charge in [0, 0.05) is 25.2 Å². The lowest BCUT2D eigenvalue weighted by Crippen LogP contribution is -2.32. The van der Waals surface area contributed by atoms with E-state index in [9.17, 15) is 4.79 Å². The molecule has 1 amide bonds. The third kappa shape index (κ3) is 4.33. The van der Waals surface area contributed by atoms with Crippen molar-refractivity contribution in [3.05, 3.63) is 47.5 Å². The van der Waals surface area contributed by atoms with Crippen LogP contribution in [0.3, 0.4) is 0 Å². The summed E-state index contributed by atoms with van der Waals surface area (Å²) in [6.45, 7) is 1.82. The van der Waals surface area contributed by atoms with Crippen molar-refractivity contribution in [1.29, 1.82) is 0 Å². The fraction of sp³-hybridized carbons (Fsp3) is 0.364. The lowest BCUT2D eigenvalue weighted by molar-refractivity contribution is -0.121. The van der Waals surface area contributed by atoms with Gasteiger partial charge < -0.3 is 30.7 Å². The minimum atomic E-state index is -0.308. The van der Waals surface area contributed by atoms with Gasteiger partial charge in [-0.2, -0.15) is 5.10 Å².